The fourth-order valence-corrected chi connectivity index (χ4v) is 1.87. The van der Waals surface area contributed by atoms with Crippen molar-refractivity contribution in [2.24, 2.45) is 5.41 Å². The van der Waals surface area contributed by atoms with E-state index in [0.29, 0.717) is 12.0 Å². The molecule has 0 radical (unpaired) electrons. The van der Waals surface area contributed by atoms with Crippen LogP contribution in [0.2, 0.25) is 0 Å². The van der Waals surface area contributed by atoms with E-state index in [2.05, 4.69) is 0 Å². The number of benzene rings is 1. The molecule has 16 heavy (non-hydrogen) atoms. The number of allylic oxidation sites excluding steroid dienone is 4. The fraction of sp³-hybridized carbons (Fsp3) is 0.214. The molecule has 0 heterocycles. The van der Waals surface area contributed by atoms with E-state index in [4.69, 9.17) is 0 Å². The molecule has 1 aromatic carbocycles. The van der Waals surface area contributed by atoms with Crippen molar-refractivity contribution in [2.75, 3.05) is 0 Å². The lowest BCUT2D eigenvalue weighted by Crippen LogP contribution is -2.26. The lowest BCUT2D eigenvalue weighted by Gasteiger charge is -2.25. The van der Waals surface area contributed by atoms with Crippen LogP contribution >= 0.6 is 0 Å². The Kier molecular flexibility index (Phi) is 2.65. The standard InChI is InChI=1S/C14H14O2/c1-14(9-5-2-6-10-14)13(16)11-7-3-4-8-12(11)15/h2-9,15H,10H2,1H3. The van der Waals surface area contributed by atoms with Crippen molar-refractivity contribution in [3.8, 4) is 5.75 Å². The van der Waals surface area contributed by atoms with Crippen molar-refractivity contribution in [1.29, 1.82) is 0 Å². The topological polar surface area (TPSA) is 37.3 Å². The number of aromatic hydroxyl groups is 1. The summed E-state index contributed by atoms with van der Waals surface area (Å²) < 4.78 is 0. The lowest BCUT2D eigenvalue weighted by molar-refractivity contribution is 0.0867. The van der Waals surface area contributed by atoms with Crippen LogP contribution in [-0.2, 0) is 0 Å². The first kappa shape index (κ1) is 10.7. The highest BCUT2D eigenvalue weighted by Gasteiger charge is 2.32. The Morgan fingerprint density at radius 3 is 2.69 bits per heavy atom. The minimum Gasteiger partial charge on any atom is -0.507 e. The highest BCUT2D eigenvalue weighted by atomic mass is 16.3. The average Bonchev–Trinajstić information content (AvgIpc) is 2.30. The van der Waals surface area contributed by atoms with E-state index in [0.717, 1.165) is 0 Å². The average molecular weight is 214 g/mol. The van der Waals surface area contributed by atoms with Crippen molar-refractivity contribution >= 4 is 5.78 Å². The maximum Gasteiger partial charge on any atom is 0.176 e. The van der Waals surface area contributed by atoms with E-state index in [-0.39, 0.29) is 11.5 Å². The van der Waals surface area contributed by atoms with E-state index in [1.165, 1.54) is 0 Å². The van der Waals surface area contributed by atoms with Gasteiger partial charge in [0.05, 0.1) is 11.0 Å². The number of carbonyl (C=O) groups excluding carboxylic acids is 1. The summed E-state index contributed by atoms with van der Waals surface area (Å²) in [5.74, 6) is 0.0166. The Bertz CT molecular complexity index is 471. The Morgan fingerprint density at radius 2 is 2.06 bits per heavy atom. The maximum atomic E-state index is 12.3. The fourth-order valence-electron chi connectivity index (χ4n) is 1.87. The van der Waals surface area contributed by atoms with Crippen molar-refractivity contribution in [2.45, 2.75) is 13.3 Å². The van der Waals surface area contributed by atoms with Crippen LogP contribution in [0.1, 0.15) is 23.7 Å². The van der Waals surface area contributed by atoms with Gasteiger partial charge in [-0.05, 0) is 25.5 Å². The number of ketones is 1. The monoisotopic (exact) mass is 214 g/mol. The largest absolute Gasteiger partial charge is 0.507 e. The molecule has 1 atom stereocenters. The molecular formula is C14H14O2. The third-order valence-corrected chi connectivity index (χ3v) is 2.92. The summed E-state index contributed by atoms with van der Waals surface area (Å²) in [6, 6.07) is 6.68. The van der Waals surface area contributed by atoms with Gasteiger partial charge in [-0.15, -0.1) is 0 Å². The highest BCUT2D eigenvalue weighted by Crippen LogP contribution is 2.33. The van der Waals surface area contributed by atoms with E-state index in [1.807, 2.05) is 31.2 Å². The van der Waals surface area contributed by atoms with Crippen molar-refractivity contribution in [3.63, 3.8) is 0 Å². The van der Waals surface area contributed by atoms with Crippen LogP contribution in [0.5, 0.6) is 5.75 Å². The molecule has 0 bridgehead atoms. The summed E-state index contributed by atoms with van der Waals surface area (Å²) in [4.78, 5) is 12.3. The lowest BCUT2D eigenvalue weighted by atomic mass is 9.77. The van der Waals surface area contributed by atoms with Gasteiger partial charge in [0.2, 0.25) is 0 Å². The van der Waals surface area contributed by atoms with Gasteiger partial charge in [-0.3, -0.25) is 4.79 Å². The van der Waals surface area contributed by atoms with Gasteiger partial charge in [0.25, 0.3) is 0 Å². The summed E-state index contributed by atoms with van der Waals surface area (Å²) in [5, 5.41) is 9.66. The normalized spacial score (nSPS) is 23.3. The molecule has 2 heteroatoms. The third kappa shape index (κ3) is 1.78. The van der Waals surface area contributed by atoms with Gasteiger partial charge in [0, 0.05) is 0 Å². The third-order valence-electron chi connectivity index (χ3n) is 2.92. The van der Waals surface area contributed by atoms with Gasteiger partial charge in [-0.1, -0.05) is 36.4 Å². The van der Waals surface area contributed by atoms with E-state index in [1.54, 1.807) is 24.3 Å². The molecule has 2 rings (SSSR count). The summed E-state index contributed by atoms with van der Waals surface area (Å²) in [6.45, 7) is 1.89. The second-order valence-electron chi connectivity index (χ2n) is 4.26. The van der Waals surface area contributed by atoms with Crippen LogP contribution in [0.25, 0.3) is 0 Å². The first-order valence-electron chi connectivity index (χ1n) is 5.31. The zero-order valence-corrected chi connectivity index (χ0v) is 9.18. The molecule has 1 N–H and O–H groups in total. The Labute approximate surface area is 94.9 Å². The number of Topliss-reactive ketones (excluding diaryl/α,β-unsaturated/α-hetero) is 1. The number of carbonyl (C=O) groups is 1. The number of hydrogen-bond acceptors (Lipinski definition) is 2. The molecule has 1 unspecified atom stereocenters. The van der Waals surface area contributed by atoms with Crippen LogP contribution in [0, 0.1) is 5.41 Å². The molecule has 0 spiro atoms. The molecule has 1 aromatic rings. The van der Waals surface area contributed by atoms with Crippen LogP contribution in [0.4, 0.5) is 0 Å². The smallest absolute Gasteiger partial charge is 0.176 e. The van der Waals surface area contributed by atoms with Gasteiger partial charge in [0.1, 0.15) is 5.75 Å². The zero-order valence-electron chi connectivity index (χ0n) is 9.18. The summed E-state index contributed by atoms with van der Waals surface area (Å²) in [5.41, 5.74) is -0.141. The molecule has 0 aliphatic heterocycles. The molecule has 0 saturated carbocycles. The zero-order chi connectivity index (χ0) is 11.6. The van der Waals surface area contributed by atoms with Gasteiger partial charge >= 0.3 is 0 Å². The summed E-state index contributed by atoms with van der Waals surface area (Å²) in [7, 11) is 0. The molecule has 2 nitrogen and oxygen atoms in total. The quantitative estimate of drug-likeness (QED) is 0.768. The Hall–Kier alpha value is -1.83. The first-order chi connectivity index (χ1) is 7.63. The number of para-hydroxylation sites is 1. The summed E-state index contributed by atoms with van der Waals surface area (Å²) in [6.07, 6.45) is 8.34. The van der Waals surface area contributed by atoms with Crippen molar-refractivity contribution in [1.82, 2.24) is 0 Å². The molecular weight excluding hydrogens is 200 g/mol. The van der Waals surface area contributed by atoms with E-state index >= 15 is 0 Å². The van der Waals surface area contributed by atoms with Crippen LogP contribution < -0.4 is 0 Å². The van der Waals surface area contributed by atoms with Crippen molar-refractivity contribution < 1.29 is 9.90 Å². The van der Waals surface area contributed by atoms with Crippen LogP contribution in [0.15, 0.2) is 48.6 Å². The Morgan fingerprint density at radius 1 is 1.31 bits per heavy atom. The number of phenols is 1. The molecule has 0 saturated heterocycles. The number of phenolic OH excluding ortho intramolecular Hbond substituents is 1. The molecule has 0 aromatic heterocycles. The molecule has 0 fully saturated rings. The van der Waals surface area contributed by atoms with Gasteiger partial charge in [-0.25, -0.2) is 0 Å². The number of rotatable bonds is 2. The SMILES string of the molecule is CC1(C(=O)c2ccccc2O)C=CC=CC1. The van der Waals surface area contributed by atoms with Crippen molar-refractivity contribution in [3.05, 3.63) is 54.1 Å². The Balaban J connectivity index is 2.36. The predicted molar refractivity (Wildman–Crippen MR) is 63.4 cm³/mol. The highest BCUT2D eigenvalue weighted by molar-refractivity contribution is 6.03. The minimum atomic E-state index is -0.534. The maximum absolute atomic E-state index is 12.3. The second kappa shape index (κ2) is 3.97. The van der Waals surface area contributed by atoms with Crippen LogP contribution in [0.3, 0.4) is 0 Å². The van der Waals surface area contributed by atoms with E-state index < -0.39 is 5.41 Å². The molecule has 82 valence electrons. The van der Waals surface area contributed by atoms with Gasteiger partial charge < -0.3 is 5.11 Å². The van der Waals surface area contributed by atoms with Gasteiger partial charge in [0.15, 0.2) is 5.78 Å². The second-order valence-corrected chi connectivity index (χ2v) is 4.26. The van der Waals surface area contributed by atoms with Gasteiger partial charge in [-0.2, -0.15) is 0 Å². The molecule has 0 amide bonds. The summed E-state index contributed by atoms with van der Waals surface area (Å²) >= 11 is 0. The van der Waals surface area contributed by atoms with Crippen LogP contribution in [-0.4, -0.2) is 10.9 Å². The number of hydrogen-bond donors (Lipinski definition) is 1. The molecule has 1 aliphatic rings. The first-order valence-corrected chi connectivity index (χ1v) is 5.31. The predicted octanol–water partition coefficient (Wildman–Crippen LogP) is 3.10. The molecule has 1 aliphatic carbocycles. The van der Waals surface area contributed by atoms with E-state index in [9.17, 15) is 9.90 Å². The minimum absolute atomic E-state index is 0.0359.